The van der Waals surface area contributed by atoms with Gasteiger partial charge in [-0.2, -0.15) is 4.31 Å². The van der Waals surface area contributed by atoms with E-state index < -0.39 is 34.5 Å². The summed E-state index contributed by atoms with van der Waals surface area (Å²) < 4.78 is 36.1. The molecule has 0 aliphatic carbocycles. The molecule has 1 aliphatic heterocycles. The number of rotatable bonds is 7. The Morgan fingerprint density at radius 2 is 1.93 bits per heavy atom. The van der Waals surface area contributed by atoms with E-state index in [1.807, 2.05) is 0 Å². The number of esters is 1. The minimum absolute atomic E-state index is 0.164. The lowest BCUT2D eigenvalue weighted by molar-refractivity contribution is -0.145. The first kappa shape index (κ1) is 21.0. The van der Waals surface area contributed by atoms with Crippen molar-refractivity contribution in [1.29, 1.82) is 0 Å². The van der Waals surface area contributed by atoms with Crippen LogP contribution >= 0.6 is 0 Å². The first-order valence-electron chi connectivity index (χ1n) is 8.23. The fraction of sp³-hybridized carbons (Fsp3) is 0.412. The molecule has 1 atom stereocenters. The van der Waals surface area contributed by atoms with Crippen molar-refractivity contribution < 1.29 is 32.6 Å². The molecule has 27 heavy (non-hydrogen) atoms. The highest BCUT2D eigenvalue weighted by molar-refractivity contribution is 7.89. The third-order valence-electron chi connectivity index (χ3n) is 3.90. The van der Waals surface area contributed by atoms with Gasteiger partial charge < -0.3 is 19.9 Å². The molecule has 9 nitrogen and oxygen atoms in total. The minimum atomic E-state index is -3.57. The Hall–Kier alpha value is -2.27. The summed E-state index contributed by atoms with van der Waals surface area (Å²) in [6, 6.07) is 4.93. The molecule has 1 fully saturated rings. The molecule has 0 unspecified atom stereocenters. The van der Waals surface area contributed by atoms with E-state index >= 15 is 0 Å². The number of carbonyl (C=O) groups is 2. The molecule has 0 spiro atoms. The number of methoxy groups -OCH3 is 1. The molecule has 0 radical (unpaired) electrons. The van der Waals surface area contributed by atoms with E-state index in [9.17, 15) is 18.0 Å². The van der Waals surface area contributed by atoms with Crippen molar-refractivity contribution in [2.45, 2.75) is 10.9 Å². The van der Waals surface area contributed by atoms with Crippen LogP contribution in [0.15, 0.2) is 35.2 Å². The van der Waals surface area contributed by atoms with Crippen LogP contribution in [0.4, 0.5) is 0 Å². The van der Waals surface area contributed by atoms with Crippen LogP contribution in [0.3, 0.4) is 0 Å². The number of nitrogens with zero attached hydrogens (tertiary/aromatic N) is 1. The zero-order chi connectivity index (χ0) is 19.9. The molecule has 1 aromatic rings. The van der Waals surface area contributed by atoms with Crippen LogP contribution in [0, 0.1) is 0 Å². The highest BCUT2D eigenvalue weighted by Gasteiger charge is 2.26. The standard InChI is InChI=1S/C17H22N2O7S/c1-25-17(22)15(12-20)18-16(21)7-4-13-2-5-14(6-3-13)27(23,24)19-8-10-26-11-9-19/h2-7,15,20H,8-12H2,1H3,(H,18,21)/b7-4+/t15-/m0/s1. The van der Waals surface area contributed by atoms with E-state index in [0.29, 0.717) is 31.9 Å². The van der Waals surface area contributed by atoms with Crippen LogP contribution in [0.25, 0.3) is 6.08 Å². The topological polar surface area (TPSA) is 122 Å². The van der Waals surface area contributed by atoms with Crippen molar-refractivity contribution in [3.63, 3.8) is 0 Å². The molecule has 1 amide bonds. The van der Waals surface area contributed by atoms with Crippen molar-refractivity contribution in [2.75, 3.05) is 40.0 Å². The van der Waals surface area contributed by atoms with E-state index in [0.717, 1.165) is 7.11 Å². The number of aliphatic hydroxyl groups excluding tert-OH is 1. The van der Waals surface area contributed by atoms with Crippen LogP contribution in [0.2, 0.25) is 0 Å². The predicted molar refractivity (Wildman–Crippen MR) is 96.1 cm³/mol. The summed E-state index contributed by atoms with van der Waals surface area (Å²) in [5.41, 5.74) is 0.602. The van der Waals surface area contributed by atoms with Crippen molar-refractivity contribution in [3.05, 3.63) is 35.9 Å². The van der Waals surface area contributed by atoms with Gasteiger partial charge in [0.15, 0.2) is 6.04 Å². The van der Waals surface area contributed by atoms with Crippen LogP contribution in [0.1, 0.15) is 5.56 Å². The van der Waals surface area contributed by atoms with Gasteiger partial charge in [-0.3, -0.25) is 4.79 Å². The van der Waals surface area contributed by atoms with Crippen molar-refractivity contribution in [1.82, 2.24) is 9.62 Å². The fourth-order valence-electron chi connectivity index (χ4n) is 2.40. The minimum Gasteiger partial charge on any atom is -0.467 e. The highest BCUT2D eigenvalue weighted by Crippen LogP contribution is 2.18. The van der Waals surface area contributed by atoms with Crippen LogP contribution in [-0.2, 0) is 29.1 Å². The van der Waals surface area contributed by atoms with Crippen molar-refractivity contribution in [3.8, 4) is 0 Å². The molecule has 2 N–H and O–H groups in total. The summed E-state index contributed by atoms with van der Waals surface area (Å²) in [5, 5.41) is 11.4. The van der Waals surface area contributed by atoms with Gasteiger partial charge >= 0.3 is 5.97 Å². The number of carbonyl (C=O) groups excluding carboxylic acids is 2. The highest BCUT2D eigenvalue weighted by atomic mass is 32.2. The van der Waals surface area contributed by atoms with E-state index in [1.165, 1.54) is 28.6 Å². The Morgan fingerprint density at radius 1 is 1.30 bits per heavy atom. The lowest BCUT2D eigenvalue weighted by atomic mass is 10.2. The smallest absolute Gasteiger partial charge is 0.330 e. The third kappa shape index (κ3) is 5.60. The third-order valence-corrected chi connectivity index (χ3v) is 5.81. The Morgan fingerprint density at radius 3 is 2.48 bits per heavy atom. The summed E-state index contributed by atoms with van der Waals surface area (Å²) >= 11 is 0. The second kappa shape index (κ2) is 9.60. The lowest BCUT2D eigenvalue weighted by Gasteiger charge is -2.26. The quantitative estimate of drug-likeness (QED) is 0.463. The number of hydrogen-bond donors (Lipinski definition) is 2. The zero-order valence-electron chi connectivity index (χ0n) is 14.8. The average Bonchev–Trinajstić information content (AvgIpc) is 2.70. The van der Waals surface area contributed by atoms with Gasteiger partial charge in [0.2, 0.25) is 15.9 Å². The fourth-order valence-corrected chi connectivity index (χ4v) is 3.81. The molecular weight excluding hydrogens is 376 g/mol. The Bertz CT molecular complexity index is 784. The van der Waals surface area contributed by atoms with Gasteiger partial charge in [0.1, 0.15) is 0 Å². The molecule has 1 aliphatic rings. The summed E-state index contributed by atoms with van der Waals surface area (Å²) in [6.45, 7) is 0.790. The molecule has 148 valence electrons. The van der Waals surface area contributed by atoms with Gasteiger partial charge in [0, 0.05) is 19.2 Å². The van der Waals surface area contributed by atoms with Crippen molar-refractivity contribution >= 4 is 28.0 Å². The Balaban J connectivity index is 2.01. The summed E-state index contributed by atoms with van der Waals surface area (Å²) in [6.07, 6.45) is 2.64. The van der Waals surface area contributed by atoms with E-state index in [-0.39, 0.29) is 4.90 Å². The second-order valence-corrected chi connectivity index (χ2v) is 7.62. The summed E-state index contributed by atoms with van der Waals surface area (Å²) in [4.78, 5) is 23.3. The monoisotopic (exact) mass is 398 g/mol. The van der Waals surface area contributed by atoms with Gasteiger partial charge in [-0.05, 0) is 23.8 Å². The Labute approximate surface area is 157 Å². The number of ether oxygens (including phenoxy) is 2. The van der Waals surface area contributed by atoms with Gasteiger partial charge in [0.05, 0.1) is 31.8 Å². The Kier molecular flexibility index (Phi) is 7.48. The number of amides is 1. The maximum atomic E-state index is 12.5. The van der Waals surface area contributed by atoms with Crippen molar-refractivity contribution in [2.24, 2.45) is 0 Å². The maximum Gasteiger partial charge on any atom is 0.330 e. The largest absolute Gasteiger partial charge is 0.467 e. The molecule has 0 bridgehead atoms. The number of sulfonamides is 1. The van der Waals surface area contributed by atoms with Gasteiger partial charge in [-0.1, -0.05) is 12.1 Å². The first-order chi connectivity index (χ1) is 12.9. The number of benzene rings is 1. The summed E-state index contributed by atoms with van der Waals surface area (Å²) in [7, 11) is -2.42. The molecule has 1 heterocycles. The number of morpholine rings is 1. The predicted octanol–water partition coefficient (Wildman–Crippen LogP) is -0.629. The average molecular weight is 398 g/mol. The molecule has 0 aromatic heterocycles. The first-order valence-corrected chi connectivity index (χ1v) is 9.67. The number of hydrogen-bond acceptors (Lipinski definition) is 7. The molecule has 0 saturated carbocycles. The van der Waals surface area contributed by atoms with E-state index in [2.05, 4.69) is 10.1 Å². The molecule has 1 aromatic carbocycles. The second-order valence-electron chi connectivity index (χ2n) is 5.69. The van der Waals surface area contributed by atoms with Gasteiger partial charge in [-0.25, -0.2) is 13.2 Å². The number of nitrogens with one attached hydrogen (secondary N) is 1. The van der Waals surface area contributed by atoms with E-state index in [1.54, 1.807) is 12.1 Å². The van der Waals surface area contributed by atoms with Gasteiger partial charge in [0.25, 0.3) is 0 Å². The SMILES string of the molecule is COC(=O)[C@H](CO)NC(=O)/C=C/c1ccc(S(=O)(=O)N2CCOCC2)cc1. The van der Waals surface area contributed by atoms with Crippen LogP contribution < -0.4 is 5.32 Å². The normalized spacial score (nSPS) is 16.8. The molecule has 2 rings (SSSR count). The van der Waals surface area contributed by atoms with Crippen LogP contribution in [-0.4, -0.2) is 75.8 Å². The summed E-state index contributed by atoms with van der Waals surface area (Å²) in [5.74, 6) is -1.35. The number of aliphatic hydroxyl groups is 1. The maximum absolute atomic E-state index is 12.5. The molecular formula is C17H22N2O7S. The van der Waals surface area contributed by atoms with Crippen LogP contribution in [0.5, 0.6) is 0 Å². The van der Waals surface area contributed by atoms with E-state index in [4.69, 9.17) is 9.84 Å². The zero-order valence-corrected chi connectivity index (χ0v) is 15.6. The lowest BCUT2D eigenvalue weighted by Crippen LogP contribution is -2.43. The van der Waals surface area contributed by atoms with Gasteiger partial charge in [-0.15, -0.1) is 0 Å². The molecule has 1 saturated heterocycles. The molecule has 10 heteroatoms.